The van der Waals surface area contributed by atoms with Gasteiger partial charge >= 0.3 is 0 Å². The third kappa shape index (κ3) is 9.12. The van der Waals surface area contributed by atoms with Crippen LogP contribution in [0.2, 0.25) is 0 Å². The van der Waals surface area contributed by atoms with Crippen molar-refractivity contribution in [2.45, 2.75) is 91.1 Å². The highest BCUT2D eigenvalue weighted by Crippen LogP contribution is 2.49. The smallest absolute Gasteiger partial charge is 0.233 e. The predicted molar refractivity (Wildman–Crippen MR) is 213 cm³/mol. The van der Waals surface area contributed by atoms with Crippen LogP contribution in [0, 0.1) is 17.6 Å². The van der Waals surface area contributed by atoms with E-state index in [9.17, 15) is 68.0 Å². The summed E-state index contributed by atoms with van der Waals surface area (Å²) in [6.45, 7) is -1.61. The van der Waals surface area contributed by atoms with Gasteiger partial charge in [-0.1, -0.05) is 36.4 Å². The number of carbonyl (C=O) groups excluding carboxylic acids is 1. The van der Waals surface area contributed by atoms with Crippen molar-refractivity contribution in [3.8, 4) is 16.9 Å². The molecular weight excluding hydrogens is 841 g/mol. The molecule has 0 saturated carbocycles. The highest BCUT2D eigenvalue weighted by molar-refractivity contribution is 7.91. The monoisotopic (exact) mass is 887 g/mol. The molecule has 0 spiro atoms. The van der Waals surface area contributed by atoms with Crippen LogP contribution in [-0.2, 0) is 28.8 Å². The first-order valence-corrected chi connectivity index (χ1v) is 21.4. The number of rotatable bonds is 14. The van der Waals surface area contributed by atoms with Gasteiger partial charge in [-0.05, 0) is 84.1 Å². The molecule has 4 unspecified atom stereocenters. The van der Waals surface area contributed by atoms with Gasteiger partial charge in [-0.25, -0.2) is 17.2 Å². The van der Waals surface area contributed by atoms with E-state index >= 15 is 0 Å². The first-order valence-electron chi connectivity index (χ1n) is 19.8. The highest BCUT2D eigenvalue weighted by Gasteiger charge is 2.52. The molecule has 62 heavy (non-hydrogen) atoms. The molecule has 13 atom stereocenters. The zero-order valence-electron chi connectivity index (χ0n) is 32.8. The lowest BCUT2D eigenvalue weighted by atomic mass is 9.77. The van der Waals surface area contributed by atoms with Crippen molar-refractivity contribution in [2.24, 2.45) is 5.92 Å². The summed E-state index contributed by atoms with van der Waals surface area (Å²) in [6.07, 6.45) is -17.6. The average molecular weight is 888 g/mol. The molecule has 0 aromatic heterocycles. The number of benzene rings is 4. The molecule has 9 N–H and O–H groups in total. The van der Waals surface area contributed by atoms with Crippen LogP contribution in [0.15, 0.2) is 95.9 Å². The Morgan fingerprint density at radius 1 is 0.710 bits per heavy atom. The van der Waals surface area contributed by atoms with Gasteiger partial charge in [0.25, 0.3) is 0 Å². The van der Waals surface area contributed by atoms with Crippen molar-refractivity contribution in [3.63, 3.8) is 0 Å². The fourth-order valence-electron chi connectivity index (χ4n) is 8.21. The molecular formula is C43H47F2NO15S. The molecule has 3 saturated heterocycles. The lowest BCUT2D eigenvalue weighted by Gasteiger charge is -2.48. The maximum atomic E-state index is 13.8. The van der Waals surface area contributed by atoms with Crippen LogP contribution in [0.4, 0.5) is 14.5 Å². The molecule has 16 nitrogen and oxygen atoms in total. The molecule has 4 aromatic carbocycles. The number of ether oxygens (including phenoxy) is 3. The van der Waals surface area contributed by atoms with E-state index in [-0.39, 0.29) is 29.4 Å². The number of halogens is 2. The second-order valence-electron chi connectivity index (χ2n) is 15.6. The van der Waals surface area contributed by atoms with Gasteiger partial charge in [-0.2, -0.15) is 0 Å². The van der Waals surface area contributed by atoms with E-state index in [4.69, 9.17) is 14.2 Å². The van der Waals surface area contributed by atoms with E-state index in [0.717, 1.165) is 0 Å². The molecule has 19 heteroatoms. The predicted octanol–water partition coefficient (Wildman–Crippen LogP) is 0.996. The van der Waals surface area contributed by atoms with E-state index in [1.165, 1.54) is 83.8 Å². The Morgan fingerprint density at radius 3 is 1.92 bits per heavy atom. The molecule has 7 rings (SSSR count). The van der Waals surface area contributed by atoms with Crippen molar-refractivity contribution in [3.05, 3.63) is 114 Å². The van der Waals surface area contributed by atoms with Gasteiger partial charge in [-0.3, -0.25) is 4.79 Å². The summed E-state index contributed by atoms with van der Waals surface area (Å²) in [7, 11) is -4.24. The second-order valence-corrected chi connectivity index (χ2v) is 17.7. The van der Waals surface area contributed by atoms with Crippen molar-refractivity contribution in [1.29, 1.82) is 0 Å². The minimum Gasteiger partial charge on any atom is -0.508 e. The Kier molecular flexibility index (Phi) is 13.7. The lowest BCUT2D eigenvalue weighted by molar-refractivity contribution is -0.341. The summed E-state index contributed by atoms with van der Waals surface area (Å²) in [5.41, 5.74) is 2.20. The van der Waals surface area contributed by atoms with Crippen molar-refractivity contribution in [2.75, 3.05) is 23.9 Å². The summed E-state index contributed by atoms with van der Waals surface area (Å²) >= 11 is 0. The van der Waals surface area contributed by atoms with Gasteiger partial charge in [0.1, 0.15) is 72.3 Å². The summed E-state index contributed by atoms with van der Waals surface area (Å²) < 4.78 is 70.9. The minimum atomic E-state index is -4.24. The van der Waals surface area contributed by atoms with Gasteiger partial charge in [0.2, 0.25) is 5.91 Å². The summed E-state index contributed by atoms with van der Waals surface area (Å²) in [4.78, 5) is 14.8. The van der Waals surface area contributed by atoms with Gasteiger partial charge in [0.05, 0.1) is 41.9 Å². The number of phenolic OH excluding ortho intramolecular Hbond substituents is 1. The quantitative estimate of drug-likeness (QED) is 0.0800. The normalized spacial score (nSPS) is 30.8. The van der Waals surface area contributed by atoms with Crippen molar-refractivity contribution >= 4 is 21.4 Å². The second kappa shape index (κ2) is 18.7. The van der Waals surface area contributed by atoms with Crippen LogP contribution in [-0.4, -0.2) is 140 Å². The molecule has 334 valence electrons. The molecule has 3 fully saturated rings. The van der Waals surface area contributed by atoms with E-state index in [1.54, 1.807) is 12.1 Å². The number of amides is 1. The molecule has 4 aromatic rings. The Morgan fingerprint density at radius 2 is 1.31 bits per heavy atom. The summed E-state index contributed by atoms with van der Waals surface area (Å²) in [5.74, 6) is -3.00. The van der Waals surface area contributed by atoms with E-state index in [0.29, 0.717) is 27.9 Å². The molecule has 3 aliphatic rings. The van der Waals surface area contributed by atoms with Gasteiger partial charge in [0, 0.05) is 11.3 Å². The van der Waals surface area contributed by atoms with Crippen LogP contribution < -0.4 is 4.90 Å². The number of hydrogen-bond donors (Lipinski definition) is 9. The average Bonchev–Trinajstić information content (AvgIpc) is 3.26. The largest absolute Gasteiger partial charge is 0.508 e. The molecule has 0 bridgehead atoms. The number of aromatic hydroxyl groups is 1. The molecule has 3 aliphatic heterocycles. The Hall–Kier alpha value is -4.48. The Bertz CT molecular complexity index is 2280. The molecule has 0 aliphatic carbocycles. The van der Waals surface area contributed by atoms with E-state index in [1.807, 2.05) is 0 Å². The van der Waals surface area contributed by atoms with Crippen LogP contribution in [0.1, 0.15) is 36.1 Å². The first-order chi connectivity index (χ1) is 29.5. The van der Waals surface area contributed by atoms with Crippen LogP contribution >= 0.6 is 0 Å². The molecule has 0 radical (unpaired) electrons. The Labute approximate surface area is 354 Å². The van der Waals surface area contributed by atoms with E-state index in [2.05, 4.69) is 0 Å². The number of sulfone groups is 1. The topological polar surface area (TPSA) is 264 Å². The molecule has 3 heterocycles. The maximum Gasteiger partial charge on any atom is 0.233 e. The first kappa shape index (κ1) is 45.5. The third-order valence-electron chi connectivity index (χ3n) is 11.7. The lowest BCUT2D eigenvalue weighted by Crippen LogP contribution is -2.65. The number of carbonyl (C=O) groups is 1. The number of phenols is 1. The number of β-lactam (4-membered cyclic amide) rings is 1. The summed E-state index contributed by atoms with van der Waals surface area (Å²) in [5, 5.41) is 94.2. The third-order valence-corrected chi connectivity index (χ3v) is 13.5. The zero-order valence-corrected chi connectivity index (χ0v) is 33.6. The zero-order chi connectivity index (χ0) is 44.6. The minimum absolute atomic E-state index is 0.152. The Balaban J connectivity index is 1.04. The SMILES string of the molecule is O=C1[C@H](CC[C@H](O)c2ccc(F)cc2)[C@@H](c2ccc(-c3ccc(S(=O)(=O)CC4OC(CO)[C@@H](OC5OC(CO)[C@@H](O)[C@H](O)[C@@H]5O)[C@H](O)[C@@H]4O)cc3)cc2O)N1c1ccc(F)cc1. The van der Waals surface area contributed by atoms with Crippen LogP contribution in [0.5, 0.6) is 5.75 Å². The number of aliphatic hydroxyl groups excluding tert-OH is 8. The number of aliphatic hydroxyl groups is 8. The van der Waals surface area contributed by atoms with Gasteiger partial charge < -0.3 is 65.1 Å². The maximum absolute atomic E-state index is 13.8. The van der Waals surface area contributed by atoms with Crippen molar-refractivity contribution in [1.82, 2.24) is 0 Å². The summed E-state index contributed by atoms with van der Waals surface area (Å²) in [6, 6.07) is 20.2. The van der Waals surface area contributed by atoms with Gasteiger partial charge in [0.15, 0.2) is 16.1 Å². The van der Waals surface area contributed by atoms with E-state index < -0.39 is 120 Å². The highest BCUT2D eigenvalue weighted by atomic mass is 32.2. The van der Waals surface area contributed by atoms with Crippen LogP contribution in [0.3, 0.4) is 0 Å². The number of nitrogens with zero attached hydrogens (tertiary/aromatic N) is 1. The standard InChI is InChI=1S/C43H47F2NO15S/c44-24-6-1-22(2-7-24)30(49)16-15-29-35(46(42(29)56)26-10-8-25(45)9-11-26)28-14-5-23(17-31(28)50)21-3-12-27(13-4-21)62(57,58)20-34-37(52)39(54)41(33(19-48)59-34)61-43-40(55)38(53)36(51)32(18-47)60-43/h1-14,17,29-30,32-41,43,47-55H,15-16,18-20H2/t29-,30+,32?,33?,34?,35-,36-,37-,38+,39-,40+,41-,43?/m1/s1. The number of anilines is 1. The fourth-order valence-corrected chi connectivity index (χ4v) is 9.66. The number of hydrogen-bond acceptors (Lipinski definition) is 15. The molecule has 1 amide bonds. The van der Waals surface area contributed by atoms with Gasteiger partial charge in [-0.15, -0.1) is 0 Å². The van der Waals surface area contributed by atoms with Crippen LogP contribution in [0.25, 0.3) is 11.1 Å². The van der Waals surface area contributed by atoms with Crippen molar-refractivity contribution < 1.29 is 82.2 Å². The fraction of sp³-hybridized carbons (Fsp3) is 0.419.